The van der Waals surface area contributed by atoms with Gasteiger partial charge in [-0.05, 0) is 62.9 Å². The lowest BCUT2D eigenvalue weighted by Crippen LogP contribution is -2.44. The summed E-state index contributed by atoms with van der Waals surface area (Å²) in [6, 6.07) is 0. The van der Waals surface area contributed by atoms with Crippen molar-refractivity contribution >= 4 is 23.5 Å². The summed E-state index contributed by atoms with van der Waals surface area (Å²) < 4.78 is 13.7. The second kappa shape index (κ2) is 62.4. The van der Waals surface area contributed by atoms with E-state index in [0.29, 0.717) is 0 Å². The van der Waals surface area contributed by atoms with Crippen LogP contribution in [0.25, 0.3) is 0 Å². The Labute approximate surface area is 466 Å². The quantitative estimate of drug-likeness (QED) is 0.0343. The largest absolute Gasteiger partial charge is 0.379 e. The minimum Gasteiger partial charge on any atom is -0.379 e. The normalized spacial score (nSPS) is 13.2. The van der Waals surface area contributed by atoms with Gasteiger partial charge in [0.2, 0.25) is 0 Å². The highest BCUT2D eigenvalue weighted by Gasteiger charge is 2.19. The minimum absolute atomic E-state index is 0. The van der Waals surface area contributed by atoms with Crippen LogP contribution in [0.5, 0.6) is 0 Å². The van der Waals surface area contributed by atoms with Gasteiger partial charge in [0.05, 0.1) is 27.7 Å². The Morgan fingerprint density at radius 3 is 0.847 bits per heavy atom. The summed E-state index contributed by atoms with van der Waals surface area (Å²) in [7, 11) is 6.88. The summed E-state index contributed by atoms with van der Waals surface area (Å²) in [5, 5.41) is 1.81. The van der Waals surface area contributed by atoms with E-state index in [1.54, 1.807) is 0 Å². The molecule has 0 saturated heterocycles. The number of quaternary nitrogens is 1. The van der Waals surface area contributed by atoms with Crippen molar-refractivity contribution < 1.29 is 14.0 Å². The van der Waals surface area contributed by atoms with Crippen molar-refractivity contribution in [1.29, 1.82) is 0 Å². The van der Waals surface area contributed by atoms with Crippen LogP contribution in [-0.2, 0) is 9.47 Å². The Hall–Kier alpha value is 0.580. The van der Waals surface area contributed by atoms with Gasteiger partial charge >= 0.3 is 0 Å². The Morgan fingerprint density at radius 1 is 0.306 bits per heavy atom. The van der Waals surface area contributed by atoms with Crippen molar-refractivity contribution in [2.45, 2.75) is 365 Å². The molecular formula is C67H139NO2S2. The van der Waals surface area contributed by atoms with Crippen LogP contribution in [0.1, 0.15) is 349 Å². The molecule has 0 aliphatic heterocycles. The van der Waals surface area contributed by atoms with Crippen molar-refractivity contribution in [2.75, 3.05) is 59.0 Å². The molecule has 0 rings (SSSR count). The van der Waals surface area contributed by atoms with Crippen molar-refractivity contribution in [3.8, 4) is 0 Å². The molecule has 0 amide bonds. The molecule has 0 heterocycles. The molecular weight excluding hydrogens is 915 g/mol. The number of likely N-dealkylation sites (N-methyl/N-ethyl adjacent to an activating group) is 1. The van der Waals surface area contributed by atoms with Gasteiger partial charge in [-0.15, -0.1) is 0 Å². The van der Waals surface area contributed by atoms with E-state index in [1.165, 1.54) is 333 Å². The maximum Gasteiger partial charge on any atom is 0.130 e. The van der Waals surface area contributed by atoms with Crippen molar-refractivity contribution in [3.63, 3.8) is 0 Å². The van der Waals surface area contributed by atoms with E-state index in [1.807, 2.05) is 0 Å². The van der Waals surface area contributed by atoms with Gasteiger partial charge in [-0.3, -0.25) is 0 Å². The van der Waals surface area contributed by atoms with Gasteiger partial charge in [-0.2, -0.15) is 23.5 Å². The second-order valence-corrected chi connectivity index (χ2v) is 26.8. The molecule has 0 fully saturated rings. The molecule has 5 heteroatoms. The molecule has 0 aliphatic carbocycles. The lowest BCUT2D eigenvalue weighted by Gasteiger charge is -2.29. The van der Waals surface area contributed by atoms with Crippen LogP contribution in [-0.4, -0.2) is 80.1 Å². The fourth-order valence-corrected chi connectivity index (χ4v) is 13.4. The molecule has 3 nitrogen and oxygen atoms in total. The lowest BCUT2D eigenvalue weighted by atomic mass is 10.0. The van der Waals surface area contributed by atoms with Gasteiger partial charge in [0, 0.05) is 23.7 Å². The van der Waals surface area contributed by atoms with Gasteiger partial charge in [0.1, 0.15) is 12.6 Å². The zero-order chi connectivity index (χ0) is 51.7. The van der Waals surface area contributed by atoms with Crippen molar-refractivity contribution in [1.82, 2.24) is 0 Å². The van der Waals surface area contributed by atoms with Crippen LogP contribution in [0.15, 0.2) is 0 Å². The number of ether oxygens (including phenoxy) is 2. The van der Waals surface area contributed by atoms with Gasteiger partial charge in [0.25, 0.3) is 0 Å². The number of hydrogen-bond donors (Lipinski definition) is 0. The maximum absolute atomic E-state index is 6.50. The summed E-state index contributed by atoms with van der Waals surface area (Å²) in [6.45, 7) is 12.9. The molecule has 0 aromatic heterocycles. The molecule has 0 aromatic carbocycles. The zero-order valence-corrected chi connectivity index (χ0v) is 53.0. The van der Waals surface area contributed by atoms with Gasteiger partial charge in [-0.1, -0.05) is 297 Å². The van der Waals surface area contributed by atoms with E-state index >= 15 is 0 Å². The molecule has 0 aromatic rings. The Balaban J connectivity index is 0. The fourth-order valence-electron chi connectivity index (χ4n) is 10.7. The molecule has 0 aliphatic rings. The lowest BCUT2D eigenvalue weighted by molar-refractivity contribution is -0.873. The molecule has 0 bridgehead atoms. The van der Waals surface area contributed by atoms with Crippen LogP contribution in [0.3, 0.4) is 0 Å². The van der Waals surface area contributed by atoms with Gasteiger partial charge in [-0.25, -0.2) is 0 Å². The van der Waals surface area contributed by atoms with Crippen LogP contribution < -0.4 is 0 Å². The average molecular weight is 1050 g/mol. The Bertz CT molecular complexity index is 959. The predicted octanol–water partition coefficient (Wildman–Crippen LogP) is 23.3. The van der Waals surface area contributed by atoms with E-state index in [4.69, 9.17) is 9.47 Å². The summed E-state index contributed by atoms with van der Waals surface area (Å²) in [6.07, 6.45) is 71.4. The van der Waals surface area contributed by atoms with Gasteiger partial charge in [0.15, 0.2) is 0 Å². The summed E-state index contributed by atoms with van der Waals surface area (Å²) in [5.41, 5.74) is 0. The zero-order valence-electron chi connectivity index (χ0n) is 51.4. The molecule has 0 spiro atoms. The monoisotopic (exact) mass is 1050 g/mol. The van der Waals surface area contributed by atoms with Crippen LogP contribution in [0, 0.1) is 7.43 Å². The average Bonchev–Trinajstić information content (AvgIpc) is 3.35. The first-order valence-electron chi connectivity index (χ1n) is 33.1. The van der Waals surface area contributed by atoms with E-state index in [0.717, 1.165) is 41.3 Å². The van der Waals surface area contributed by atoms with Gasteiger partial charge < -0.3 is 21.4 Å². The predicted molar refractivity (Wildman–Crippen MR) is 336 cm³/mol. The minimum atomic E-state index is 0. The van der Waals surface area contributed by atoms with E-state index < -0.39 is 0 Å². The third-order valence-electron chi connectivity index (χ3n) is 15.4. The number of rotatable bonds is 63. The second-order valence-electron chi connectivity index (χ2n) is 24.0. The first kappa shape index (κ1) is 74.7. The smallest absolute Gasteiger partial charge is 0.130 e. The summed E-state index contributed by atoms with van der Waals surface area (Å²) in [5.74, 6) is 2.80. The molecule has 0 N–H and O–H groups in total. The summed E-state index contributed by atoms with van der Waals surface area (Å²) in [4.78, 5) is 0. The molecule has 72 heavy (non-hydrogen) atoms. The Kier molecular flexibility index (Phi) is 64.7. The molecule has 0 saturated carbocycles. The molecule has 0 radical (unpaired) electrons. The highest BCUT2D eigenvalue weighted by Crippen LogP contribution is 2.28. The van der Waals surface area contributed by atoms with Crippen molar-refractivity contribution in [2.24, 2.45) is 0 Å². The van der Waals surface area contributed by atoms with E-state index in [2.05, 4.69) is 72.4 Å². The first-order chi connectivity index (χ1) is 34.9. The van der Waals surface area contributed by atoms with E-state index in [-0.39, 0.29) is 13.5 Å². The summed E-state index contributed by atoms with van der Waals surface area (Å²) >= 11 is 4.69. The fraction of sp³-hybridized carbons (Fsp3) is 0.985. The third kappa shape index (κ3) is 61.4. The molecule has 3 atom stereocenters. The van der Waals surface area contributed by atoms with Crippen LogP contribution in [0.2, 0.25) is 0 Å². The number of hydrogen-bond acceptors (Lipinski definition) is 4. The Morgan fingerprint density at radius 2 is 0.556 bits per heavy atom. The van der Waals surface area contributed by atoms with Crippen molar-refractivity contribution in [3.05, 3.63) is 7.43 Å². The maximum atomic E-state index is 6.50. The number of thioether (sulfide) groups is 2. The SMILES string of the molecule is CCCCCCCCCCCCSC(CCCCCCCCC)CCCCCCCCOCC(C[N+](C)(C)C)OCCCCCCCCC(CCCCCCCCC)SCCCCCCCCCCCC.[CH3-]. The molecule has 3 unspecified atom stereocenters. The first-order valence-corrected chi connectivity index (χ1v) is 35.2. The topological polar surface area (TPSA) is 18.5 Å². The standard InChI is InChI=1S/C66H136NO2S2.CH3/c1-8-12-16-20-24-26-28-36-44-52-60-70-65(54-46-38-30-22-18-14-10-3)56-48-40-32-34-42-50-58-68-63-64(62-67(5,6)7)69-59-51-43-35-33-41-49-57-66(55-47-39-31-23-19-15-11-4)71-61-53-45-37-29-27-25-21-17-13-9-2;/h64-66H,8-63H2,1-7H3;1H3/q+1;-1. The number of unbranched alkanes of at least 4 members (excludes halogenated alkanes) is 40. The highest BCUT2D eigenvalue weighted by atomic mass is 32.2. The van der Waals surface area contributed by atoms with Crippen LogP contribution in [0.4, 0.5) is 0 Å². The number of nitrogens with zero attached hydrogens (tertiary/aromatic N) is 1. The molecule has 436 valence electrons. The highest BCUT2D eigenvalue weighted by molar-refractivity contribution is 8.00. The third-order valence-corrected chi connectivity index (χ3v) is 18.3. The van der Waals surface area contributed by atoms with Crippen LogP contribution >= 0.6 is 23.5 Å². The van der Waals surface area contributed by atoms with E-state index in [9.17, 15) is 0 Å².